The maximum Gasteiger partial charge on any atom is 0.357 e. The molecule has 0 atom stereocenters. The number of benzene rings is 1. The first-order valence-corrected chi connectivity index (χ1v) is 5.45. The Morgan fingerprint density at radius 3 is 2.88 bits per heavy atom. The number of carboxylic acids is 1. The minimum Gasteiger partial charge on any atom is -0.476 e. The summed E-state index contributed by atoms with van der Waals surface area (Å²) < 4.78 is 5.05. The molecule has 0 unspecified atom stereocenters. The number of nitrogens with zero attached hydrogens (tertiary/aromatic N) is 1. The molecular weight excluding hydrogens is 242 g/mol. The van der Waals surface area contributed by atoms with Gasteiger partial charge in [0.25, 0.3) is 0 Å². The molecular formula is C12H10ClNO3. The van der Waals surface area contributed by atoms with Crippen molar-refractivity contribution in [3.8, 4) is 0 Å². The summed E-state index contributed by atoms with van der Waals surface area (Å²) in [4.78, 5) is 14.4. The van der Waals surface area contributed by atoms with E-state index in [0.717, 1.165) is 11.8 Å². The van der Waals surface area contributed by atoms with Crippen LogP contribution >= 0.6 is 11.6 Å². The highest BCUT2D eigenvalue weighted by molar-refractivity contribution is 6.30. The average molecular weight is 252 g/mol. The number of aromatic nitrogens is 1. The maximum atomic E-state index is 10.6. The maximum absolute atomic E-state index is 10.6. The second-order valence-electron chi connectivity index (χ2n) is 3.56. The van der Waals surface area contributed by atoms with Crippen molar-refractivity contribution in [1.82, 2.24) is 4.98 Å². The Kier molecular flexibility index (Phi) is 3.44. The van der Waals surface area contributed by atoms with Gasteiger partial charge in [0.1, 0.15) is 6.26 Å². The van der Waals surface area contributed by atoms with Gasteiger partial charge in [-0.15, -0.1) is 0 Å². The van der Waals surface area contributed by atoms with Crippen molar-refractivity contribution < 1.29 is 14.3 Å². The van der Waals surface area contributed by atoms with Gasteiger partial charge in [-0.05, 0) is 24.1 Å². The van der Waals surface area contributed by atoms with E-state index in [9.17, 15) is 4.79 Å². The first-order valence-electron chi connectivity index (χ1n) is 5.07. The number of aryl methyl sites for hydroxylation is 2. The lowest BCUT2D eigenvalue weighted by Gasteiger charge is -1.98. The van der Waals surface area contributed by atoms with Crippen molar-refractivity contribution in [2.75, 3.05) is 0 Å². The van der Waals surface area contributed by atoms with Crippen LogP contribution in [-0.2, 0) is 12.8 Å². The Morgan fingerprint density at radius 1 is 1.41 bits per heavy atom. The zero-order valence-electron chi connectivity index (χ0n) is 8.89. The van der Waals surface area contributed by atoms with E-state index < -0.39 is 5.97 Å². The van der Waals surface area contributed by atoms with Gasteiger partial charge >= 0.3 is 5.97 Å². The van der Waals surface area contributed by atoms with E-state index in [-0.39, 0.29) is 5.69 Å². The molecule has 0 radical (unpaired) electrons. The molecule has 17 heavy (non-hydrogen) atoms. The van der Waals surface area contributed by atoms with Crippen molar-refractivity contribution in [1.29, 1.82) is 0 Å². The van der Waals surface area contributed by atoms with Gasteiger partial charge in [-0.25, -0.2) is 9.78 Å². The van der Waals surface area contributed by atoms with Crippen molar-refractivity contribution in [3.05, 3.63) is 52.7 Å². The molecule has 88 valence electrons. The third-order valence-corrected chi connectivity index (χ3v) is 2.52. The largest absolute Gasteiger partial charge is 0.476 e. The molecule has 1 heterocycles. The fourth-order valence-electron chi connectivity index (χ4n) is 1.47. The molecule has 0 fully saturated rings. The monoisotopic (exact) mass is 251 g/mol. The number of halogens is 1. The molecule has 4 nitrogen and oxygen atoms in total. The molecule has 5 heteroatoms. The molecule has 2 rings (SSSR count). The van der Waals surface area contributed by atoms with Crippen LogP contribution in [-0.4, -0.2) is 16.1 Å². The van der Waals surface area contributed by atoms with Gasteiger partial charge in [0.2, 0.25) is 0 Å². The van der Waals surface area contributed by atoms with Gasteiger partial charge in [-0.1, -0.05) is 23.7 Å². The average Bonchev–Trinajstić information content (AvgIpc) is 2.75. The number of aromatic carboxylic acids is 1. The number of carboxylic acid groups (broad SMARTS) is 1. The molecule has 0 bridgehead atoms. The second-order valence-corrected chi connectivity index (χ2v) is 4.00. The normalized spacial score (nSPS) is 10.4. The van der Waals surface area contributed by atoms with E-state index in [1.807, 2.05) is 18.2 Å². The summed E-state index contributed by atoms with van der Waals surface area (Å²) in [6, 6.07) is 7.49. The van der Waals surface area contributed by atoms with Crippen molar-refractivity contribution in [2.24, 2.45) is 0 Å². The van der Waals surface area contributed by atoms with Crippen molar-refractivity contribution >= 4 is 17.6 Å². The van der Waals surface area contributed by atoms with E-state index in [1.54, 1.807) is 6.07 Å². The van der Waals surface area contributed by atoms with Crippen LogP contribution < -0.4 is 0 Å². The lowest BCUT2D eigenvalue weighted by molar-refractivity contribution is 0.0690. The Hall–Kier alpha value is -1.81. The van der Waals surface area contributed by atoms with Crippen LogP contribution in [0.1, 0.15) is 21.9 Å². The Bertz CT molecular complexity index is 536. The van der Waals surface area contributed by atoms with E-state index >= 15 is 0 Å². The molecule has 1 aromatic carbocycles. The van der Waals surface area contributed by atoms with Crippen LogP contribution in [0.15, 0.2) is 34.9 Å². The molecule has 0 amide bonds. The summed E-state index contributed by atoms with van der Waals surface area (Å²) in [7, 11) is 0. The second kappa shape index (κ2) is 5.01. The third kappa shape index (κ3) is 3.07. The zero-order chi connectivity index (χ0) is 12.3. The lowest BCUT2D eigenvalue weighted by Crippen LogP contribution is -1.97. The van der Waals surface area contributed by atoms with Crippen LogP contribution in [0.5, 0.6) is 0 Å². The molecule has 1 aromatic heterocycles. The highest BCUT2D eigenvalue weighted by Crippen LogP contribution is 2.13. The predicted molar refractivity (Wildman–Crippen MR) is 62.3 cm³/mol. The van der Waals surface area contributed by atoms with E-state index in [4.69, 9.17) is 21.1 Å². The molecule has 1 N–H and O–H groups in total. The highest BCUT2D eigenvalue weighted by atomic mass is 35.5. The number of hydrogen-bond acceptors (Lipinski definition) is 3. The lowest BCUT2D eigenvalue weighted by atomic mass is 10.1. The summed E-state index contributed by atoms with van der Waals surface area (Å²) >= 11 is 5.86. The minimum atomic E-state index is -1.08. The fourth-order valence-corrected chi connectivity index (χ4v) is 1.68. The van der Waals surface area contributed by atoms with Crippen LogP contribution in [0.2, 0.25) is 5.02 Å². The van der Waals surface area contributed by atoms with Crippen LogP contribution in [0.25, 0.3) is 0 Å². The first kappa shape index (κ1) is 11.7. The fraction of sp³-hybridized carbons (Fsp3) is 0.167. The Morgan fingerprint density at radius 2 is 2.24 bits per heavy atom. The van der Waals surface area contributed by atoms with Gasteiger partial charge in [0.15, 0.2) is 11.6 Å². The summed E-state index contributed by atoms with van der Waals surface area (Å²) in [5.74, 6) is -0.662. The van der Waals surface area contributed by atoms with Crippen molar-refractivity contribution in [3.63, 3.8) is 0 Å². The van der Waals surface area contributed by atoms with Gasteiger partial charge in [0, 0.05) is 11.4 Å². The van der Waals surface area contributed by atoms with Crippen LogP contribution in [0.3, 0.4) is 0 Å². The first-order chi connectivity index (χ1) is 8.15. The van der Waals surface area contributed by atoms with Gasteiger partial charge in [0.05, 0.1) is 0 Å². The van der Waals surface area contributed by atoms with Gasteiger partial charge in [-0.2, -0.15) is 0 Å². The van der Waals surface area contributed by atoms with Crippen LogP contribution in [0, 0.1) is 0 Å². The quantitative estimate of drug-likeness (QED) is 0.908. The SMILES string of the molecule is O=C(O)c1coc(CCc2cccc(Cl)c2)n1. The van der Waals surface area contributed by atoms with Crippen LogP contribution in [0.4, 0.5) is 0 Å². The van der Waals surface area contributed by atoms with Crippen molar-refractivity contribution in [2.45, 2.75) is 12.8 Å². The summed E-state index contributed by atoms with van der Waals surface area (Å²) in [5, 5.41) is 9.36. The molecule has 0 saturated carbocycles. The molecule has 0 aliphatic heterocycles. The summed E-state index contributed by atoms with van der Waals surface area (Å²) in [5.41, 5.74) is 0.999. The van der Waals surface area contributed by atoms with E-state index in [2.05, 4.69) is 4.98 Å². The molecule has 0 aliphatic rings. The summed E-state index contributed by atoms with van der Waals surface area (Å²) in [6.07, 6.45) is 2.41. The summed E-state index contributed by atoms with van der Waals surface area (Å²) in [6.45, 7) is 0. The van der Waals surface area contributed by atoms with Gasteiger partial charge in [-0.3, -0.25) is 0 Å². The molecule has 0 aliphatic carbocycles. The molecule has 2 aromatic rings. The Labute approximate surface area is 103 Å². The predicted octanol–water partition coefficient (Wildman–Crippen LogP) is 2.81. The number of carbonyl (C=O) groups is 1. The number of oxazole rings is 1. The third-order valence-electron chi connectivity index (χ3n) is 2.29. The van der Waals surface area contributed by atoms with E-state index in [0.29, 0.717) is 23.8 Å². The molecule has 0 saturated heterocycles. The smallest absolute Gasteiger partial charge is 0.357 e. The Balaban J connectivity index is 2.00. The number of rotatable bonds is 4. The molecule has 0 spiro atoms. The van der Waals surface area contributed by atoms with Gasteiger partial charge < -0.3 is 9.52 Å². The highest BCUT2D eigenvalue weighted by Gasteiger charge is 2.10. The van der Waals surface area contributed by atoms with E-state index in [1.165, 1.54) is 0 Å². The topological polar surface area (TPSA) is 63.3 Å². The zero-order valence-corrected chi connectivity index (χ0v) is 9.65. The standard InChI is InChI=1S/C12H10ClNO3/c13-9-3-1-2-8(6-9)4-5-11-14-10(7-17-11)12(15)16/h1-3,6-7H,4-5H2,(H,15,16). The minimum absolute atomic E-state index is 0.0638. The number of hydrogen-bond donors (Lipinski definition) is 1.